The third kappa shape index (κ3) is 5.26. The Hall–Kier alpha value is -7.34. The lowest BCUT2D eigenvalue weighted by atomic mass is 10.0. The number of furan rings is 1. The van der Waals surface area contributed by atoms with Crippen LogP contribution in [0.4, 0.5) is 0 Å². The van der Waals surface area contributed by atoms with Crippen molar-refractivity contribution < 1.29 is 4.42 Å². The molecule has 0 saturated carbocycles. The van der Waals surface area contributed by atoms with Gasteiger partial charge in [0.1, 0.15) is 16.4 Å². The first-order valence-electron chi connectivity index (χ1n) is 17.0. The number of aromatic nitrogens is 5. The Kier molecular flexibility index (Phi) is 6.94. The van der Waals surface area contributed by atoms with Gasteiger partial charge in [0.25, 0.3) is 6.21 Å². The maximum absolute atomic E-state index is 6.25. The maximum Gasteiger partial charge on any atom is 0.502 e. The summed E-state index contributed by atoms with van der Waals surface area (Å²) in [4.78, 5) is 24.9. The predicted octanol–water partition coefficient (Wildman–Crippen LogP) is 8.11. The van der Waals surface area contributed by atoms with Crippen LogP contribution in [-0.4, -0.2) is 31.1 Å². The Labute approximate surface area is 297 Å². The van der Waals surface area contributed by atoms with E-state index in [4.69, 9.17) is 29.3 Å². The summed E-state index contributed by atoms with van der Waals surface area (Å²) in [7, 11) is 0. The molecule has 1 aliphatic rings. The zero-order chi connectivity index (χ0) is 34.4. The van der Waals surface area contributed by atoms with Crippen molar-refractivity contribution in [3.8, 4) is 67.9 Å². The molecule has 0 aliphatic carbocycles. The largest absolute Gasteiger partial charge is 0.502 e. The SMILES string of the molecule is C1=[N+]=c2oc3c(-c4ccc(-c5nc(-c6ccccc6)nc(-c6ccc(-c7ccccc7)cc6)n5)cc4)nc(-c4ccc5ccccc5c4)nc3c2=C1. The molecule has 0 N–H and O–H groups in total. The van der Waals surface area contributed by atoms with E-state index >= 15 is 0 Å². The Balaban J connectivity index is 1.07. The highest BCUT2D eigenvalue weighted by Crippen LogP contribution is 2.32. The molecule has 0 saturated heterocycles. The summed E-state index contributed by atoms with van der Waals surface area (Å²) in [5.41, 5.74) is 9.34. The van der Waals surface area contributed by atoms with Gasteiger partial charge in [-0.05, 0) is 32.6 Å². The molecular weight excluding hydrogens is 641 g/mol. The summed E-state index contributed by atoms with van der Waals surface area (Å²) < 4.78 is 10.7. The van der Waals surface area contributed by atoms with Gasteiger partial charge in [-0.3, -0.25) is 0 Å². The van der Waals surface area contributed by atoms with Crippen LogP contribution < -0.4 is 15.4 Å². The fourth-order valence-corrected chi connectivity index (χ4v) is 6.63. The predicted molar refractivity (Wildman–Crippen MR) is 206 cm³/mol. The minimum absolute atomic E-state index is 0.542. The third-order valence-electron chi connectivity index (χ3n) is 9.32. The average Bonchev–Trinajstić information content (AvgIpc) is 3.83. The van der Waals surface area contributed by atoms with Crippen molar-refractivity contribution in [2.24, 2.45) is 0 Å². The van der Waals surface area contributed by atoms with Crippen molar-refractivity contribution in [2.75, 3.05) is 0 Å². The van der Waals surface area contributed by atoms with Crippen LogP contribution in [0.15, 0.2) is 156 Å². The highest BCUT2D eigenvalue weighted by Gasteiger charge is 2.22. The van der Waals surface area contributed by atoms with E-state index in [9.17, 15) is 0 Å². The molecule has 242 valence electrons. The molecule has 6 aromatic carbocycles. The van der Waals surface area contributed by atoms with Crippen molar-refractivity contribution in [3.63, 3.8) is 0 Å². The second kappa shape index (κ2) is 12.2. The molecule has 52 heavy (non-hydrogen) atoms. The zero-order valence-electron chi connectivity index (χ0n) is 27.7. The van der Waals surface area contributed by atoms with Crippen molar-refractivity contribution >= 4 is 34.2 Å². The van der Waals surface area contributed by atoms with E-state index < -0.39 is 0 Å². The minimum Gasteiger partial charge on any atom is -0.387 e. The quantitative estimate of drug-likeness (QED) is 0.166. The Bertz CT molecular complexity index is 2970. The molecule has 1 aliphatic heterocycles. The molecular formula is C45H27N6O+. The van der Waals surface area contributed by atoms with E-state index in [1.807, 2.05) is 91.0 Å². The van der Waals surface area contributed by atoms with Crippen molar-refractivity contribution in [1.29, 1.82) is 0 Å². The van der Waals surface area contributed by atoms with Crippen molar-refractivity contribution in [3.05, 3.63) is 162 Å². The number of nitrogens with zero attached hydrogens (tertiary/aromatic N) is 6. The molecule has 10 rings (SSSR count). The molecule has 0 spiro atoms. The van der Waals surface area contributed by atoms with E-state index in [1.54, 1.807) is 6.21 Å². The van der Waals surface area contributed by atoms with E-state index in [2.05, 4.69) is 71.4 Å². The minimum atomic E-state index is 0.542. The number of fused-ring (bicyclic) bond motifs is 4. The summed E-state index contributed by atoms with van der Waals surface area (Å²) in [6, 6.07) is 51.3. The lowest BCUT2D eigenvalue weighted by Crippen LogP contribution is -2.19. The van der Waals surface area contributed by atoms with E-state index in [1.165, 1.54) is 0 Å². The number of hydrogen-bond acceptors (Lipinski definition) is 6. The van der Waals surface area contributed by atoms with E-state index in [0.717, 1.165) is 60.5 Å². The summed E-state index contributed by atoms with van der Waals surface area (Å²) in [6.07, 6.45) is 3.67. The van der Waals surface area contributed by atoms with Gasteiger partial charge in [-0.25, -0.2) is 24.9 Å². The first kappa shape index (κ1) is 29.6. The Morgan fingerprint density at radius 2 is 0.904 bits per heavy atom. The Morgan fingerprint density at radius 1 is 0.404 bits per heavy atom. The van der Waals surface area contributed by atoms with Gasteiger partial charge in [0.05, 0.1) is 0 Å². The highest BCUT2D eigenvalue weighted by atomic mass is 16.3. The summed E-state index contributed by atoms with van der Waals surface area (Å²) in [5, 5.41) is 3.15. The van der Waals surface area contributed by atoms with Crippen LogP contribution in [0.5, 0.6) is 0 Å². The van der Waals surface area contributed by atoms with Crippen LogP contribution in [0.3, 0.4) is 0 Å². The van der Waals surface area contributed by atoms with Gasteiger partial charge in [0, 0.05) is 33.9 Å². The van der Waals surface area contributed by atoms with Gasteiger partial charge in [-0.15, -0.1) is 0 Å². The molecule has 0 fully saturated rings. The number of rotatable bonds is 6. The van der Waals surface area contributed by atoms with Crippen LogP contribution in [0, 0.1) is 0 Å². The lowest BCUT2D eigenvalue weighted by Gasteiger charge is -2.10. The lowest BCUT2D eigenvalue weighted by molar-refractivity contribution is 0.552. The third-order valence-corrected chi connectivity index (χ3v) is 9.32. The smallest absolute Gasteiger partial charge is 0.387 e. The van der Waals surface area contributed by atoms with Gasteiger partial charge in [0.15, 0.2) is 28.9 Å². The average molecular weight is 668 g/mol. The maximum atomic E-state index is 6.25. The number of hydrogen-bond donors (Lipinski definition) is 0. The standard InChI is InChI=1S/C45H27N6O/c1-3-9-28(10-4-1)30-15-20-33(21-16-30)42-49-41(32-12-5-2-6-13-32)50-43(51-42)34-22-18-31(19-23-34)38-40-39(37-25-26-46-45(37)52-40)48-44(47-38)36-24-17-29-11-7-8-14-35(29)27-36/h1-27H/q+1. The van der Waals surface area contributed by atoms with Crippen molar-refractivity contribution in [1.82, 2.24) is 29.6 Å². The monoisotopic (exact) mass is 667 g/mol. The molecule has 0 radical (unpaired) electrons. The number of benzene rings is 6. The van der Waals surface area contributed by atoms with Gasteiger partial charge in [-0.1, -0.05) is 146 Å². The van der Waals surface area contributed by atoms with Gasteiger partial charge >= 0.3 is 5.55 Å². The molecule has 4 heterocycles. The first-order chi connectivity index (χ1) is 25.7. The summed E-state index contributed by atoms with van der Waals surface area (Å²) >= 11 is 0. The summed E-state index contributed by atoms with van der Waals surface area (Å²) in [5.74, 6) is 2.41. The van der Waals surface area contributed by atoms with Gasteiger partial charge < -0.3 is 4.42 Å². The fraction of sp³-hybridized carbons (Fsp3) is 0. The van der Waals surface area contributed by atoms with Crippen molar-refractivity contribution in [2.45, 2.75) is 0 Å². The van der Waals surface area contributed by atoms with Crippen LogP contribution >= 0.6 is 0 Å². The Morgan fingerprint density at radius 3 is 1.58 bits per heavy atom. The normalized spacial score (nSPS) is 11.8. The zero-order valence-corrected chi connectivity index (χ0v) is 27.7. The van der Waals surface area contributed by atoms with E-state index in [-0.39, 0.29) is 0 Å². The molecule has 0 amide bonds. The second-order valence-corrected chi connectivity index (χ2v) is 12.6. The summed E-state index contributed by atoms with van der Waals surface area (Å²) in [6.45, 7) is 0. The fourth-order valence-electron chi connectivity index (χ4n) is 6.63. The van der Waals surface area contributed by atoms with Crippen LogP contribution in [0.1, 0.15) is 0 Å². The molecule has 0 atom stereocenters. The van der Waals surface area contributed by atoms with Crippen LogP contribution in [0.2, 0.25) is 0 Å². The highest BCUT2D eigenvalue weighted by molar-refractivity contribution is 5.97. The van der Waals surface area contributed by atoms with E-state index in [0.29, 0.717) is 40.1 Å². The molecule has 0 bridgehead atoms. The van der Waals surface area contributed by atoms with Gasteiger partial charge in [-0.2, -0.15) is 0 Å². The second-order valence-electron chi connectivity index (χ2n) is 12.6. The molecule has 0 unspecified atom stereocenters. The van der Waals surface area contributed by atoms with Gasteiger partial charge in [0.2, 0.25) is 0 Å². The molecule has 9 aromatic rings. The molecule has 7 heteroatoms. The van der Waals surface area contributed by atoms with Crippen LogP contribution in [-0.2, 0) is 0 Å². The van der Waals surface area contributed by atoms with Crippen LogP contribution in [0.25, 0.3) is 95.9 Å². The first-order valence-corrected chi connectivity index (χ1v) is 17.0. The molecule has 7 nitrogen and oxygen atoms in total. The molecule has 3 aromatic heterocycles. The topological polar surface area (TPSA) is 91.7 Å².